The number of benzene rings is 1. The van der Waals surface area contributed by atoms with E-state index in [0.29, 0.717) is 30.3 Å². The minimum atomic E-state index is -0.558. The molecule has 0 aromatic heterocycles. The zero-order valence-electron chi connectivity index (χ0n) is 12.0. The Bertz CT molecular complexity index is 431. The fourth-order valence-corrected chi connectivity index (χ4v) is 1.81. The summed E-state index contributed by atoms with van der Waals surface area (Å²) in [5.41, 5.74) is 6.26. The van der Waals surface area contributed by atoms with Crippen molar-refractivity contribution >= 4 is 11.6 Å². The molecule has 1 aromatic carbocycles. The number of anilines is 1. The van der Waals surface area contributed by atoms with Crippen molar-refractivity contribution in [2.45, 2.75) is 26.9 Å². The summed E-state index contributed by atoms with van der Waals surface area (Å²) in [5.74, 6) is 1.01. The van der Waals surface area contributed by atoms with Gasteiger partial charge < -0.3 is 20.1 Å². The van der Waals surface area contributed by atoms with Crippen LogP contribution in [0.4, 0.5) is 5.69 Å². The van der Waals surface area contributed by atoms with Crippen LogP contribution in [0, 0.1) is 0 Å². The molecular weight excluding hydrogens is 244 g/mol. The third-order valence-electron chi connectivity index (χ3n) is 2.91. The summed E-state index contributed by atoms with van der Waals surface area (Å²) in [7, 11) is 1.54. The maximum Gasteiger partial charge on any atom is 0.263 e. The minimum absolute atomic E-state index is 0.0381. The van der Waals surface area contributed by atoms with Gasteiger partial charge >= 0.3 is 0 Å². The summed E-state index contributed by atoms with van der Waals surface area (Å²) < 4.78 is 10.9. The molecule has 2 N–H and O–H groups in total. The first-order valence-electron chi connectivity index (χ1n) is 6.42. The third-order valence-corrected chi connectivity index (χ3v) is 2.91. The number of ether oxygens (including phenoxy) is 2. The van der Waals surface area contributed by atoms with E-state index < -0.39 is 6.10 Å². The van der Waals surface area contributed by atoms with Gasteiger partial charge in [0.2, 0.25) is 0 Å². The van der Waals surface area contributed by atoms with Crippen molar-refractivity contribution < 1.29 is 14.3 Å². The number of hydrogen-bond donors (Lipinski definition) is 1. The van der Waals surface area contributed by atoms with Gasteiger partial charge in [-0.3, -0.25) is 4.79 Å². The van der Waals surface area contributed by atoms with E-state index in [-0.39, 0.29) is 5.91 Å². The molecule has 1 amide bonds. The minimum Gasteiger partial charge on any atom is -0.493 e. The SMILES string of the molecule is CCN(CC)C(=O)C(C)Oc1ccc(N)cc1OC. The Hall–Kier alpha value is -1.91. The number of amides is 1. The van der Waals surface area contributed by atoms with Gasteiger partial charge in [0, 0.05) is 24.8 Å². The molecule has 106 valence electrons. The number of nitrogens with zero attached hydrogens (tertiary/aromatic N) is 1. The summed E-state index contributed by atoms with van der Waals surface area (Å²) in [6.07, 6.45) is -0.558. The second kappa shape index (κ2) is 6.87. The first-order valence-corrected chi connectivity index (χ1v) is 6.42. The van der Waals surface area contributed by atoms with Crippen molar-refractivity contribution in [2.75, 3.05) is 25.9 Å². The van der Waals surface area contributed by atoms with E-state index in [4.69, 9.17) is 15.2 Å². The van der Waals surface area contributed by atoms with Gasteiger partial charge in [-0.25, -0.2) is 0 Å². The molecule has 0 aliphatic heterocycles. The average molecular weight is 266 g/mol. The highest BCUT2D eigenvalue weighted by molar-refractivity contribution is 5.81. The van der Waals surface area contributed by atoms with E-state index in [2.05, 4.69) is 0 Å². The van der Waals surface area contributed by atoms with Crippen LogP contribution in [0.2, 0.25) is 0 Å². The second-order valence-corrected chi connectivity index (χ2v) is 4.18. The predicted octanol–water partition coefficient (Wildman–Crippen LogP) is 1.91. The van der Waals surface area contributed by atoms with Crippen LogP contribution >= 0.6 is 0 Å². The lowest BCUT2D eigenvalue weighted by molar-refractivity contribution is -0.137. The van der Waals surface area contributed by atoms with E-state index in [1.54, 1.807) is 37.1 Å². The van der Waals surface area contributed by atoms with Gasteiger partial charge in [-0.1, -0.05) is 0 Å². The highest BCUT2D eigenvalue weighted by Gasteiger charge is 2.21. The van der Waals surface area contributed by atoms with E-state index in [1.807, 2.05) is 13.8 Å². The monoisotopic (exact) mass is 266 g/mol. The van der Waals surface area contributed by atoms with Crippen molar-refractivity contribution in [1.82, 2.24) is 4.90 Å². The lowest BCUT2D eigenvalue weighted by Crippen LogP contribution is -2.40. The third kappa shape index (κ3) is 3.77. The van der Waals surface area contributed by atoms with Gasteiger partial charge in [-0.2, -0.15) is 0 Å². The smallest absolute Gasteiger partial charge is 0.263 e. The lowest BCUT2D eigenvalue weighted by Gasteiger charge is -2.24. The summed E-state index contributed by atoms with van der Waals surface area (Å²) in [4.78, 5) is 13.8. The Kier molecular flexibility index (Phi) is 5.48. The van der Waals surface area contributed by atoms with E-state index in [0.717, 1.165) is 0 Å². The molecule has 5 nitrogen and oxygen atoms in total. The molecule has 0 aliphatic rings. The number of likely N-dealkylation sites (N-methyl/N-ethyl adjacent to an activating group) is 1. The number of carbonyl (C=O) groups excluding carboxylic acids is 1. The van der Waals surface area contributed by atoms with Crippen LogP contribution in [0.25, 0.3) is 0 Å². The number of nitrogens with two attached hydrogens (primary N) is 1. The molecule has 0 saturated carbocycles. The van der Waals surface area contributed by atoms with E-state index in [1.165, 1.54) is 0 Å². The molecule has 1 atom stereocenters. The Balaban J connectivity index is 2.81. The normalized spacial score (nSPS) is 11.8. The Morgan fingerprint density at radius 2 is 1.95 bits per heavy atom. The standard InChI is InChI=1S/C14H22N2O3/c1-5-16(6-2)14(17)10(3)19-12-8-7-11(15)9-13(12)18-4/h7-10H,5-6,15H2,1-4H3. The topological polar surface area (TPSA) is 64.8 Å². The molecular formula is C14H22N2O3. The highest BCUT2D eigenvalue weighted by Crippen LogP contribution is 2.29. The van der Waals surface area contributed by atoms with Gasteiger partial charge in [0.25, 0.3) is 5.91 Å². The largest absolute Gasteiger partial charge is 0.493 e. The summed E-state index contributed by atoms with van der Waals surface area (Å²) in [6, 6.07) is 5.09. The van der Waals surface area contributed by atoms with Crippen LogP contribution in [0.1, 0.15) is 20.8 Å². The van der Waals surface area contributed by atoms with Crippen LogP contribution in [-0.4, -0.2) is 37.1 Å². The fourth-order valence-electron chi connectivity index (χ4n) is 1.81. The molecule has 5 heteroatoms. The van der Waals surface area contributed by atoms with Gasteiger partial charge in [0.15, 0.2) is 17.6 Å². The maximum absolute atomic E-state index is 12.1. The number of rotatable bonds is 6. The molecule has 0 aliphatic carbocycles. The summed E-state index contributed by atoms with van der Waals surface area (Å²) in [5, 5.41) is 0. The van der Waals surface area contributed by atoms with Crippen molar-refractivity contribution in [1.29, 1.82) is 0 Å². The Labute approximate surface area is 114 Å². The number of nitrogen functional groups attached to an aromatic ring is 1. The first kappa shape index (κ1) is 15.1. The van der Waals surface area contributed by atoms with Gasteiger partial charge in [-0.05, 0) is 32.9 Å². The summed E-state index contributed by atoms with van der Waals surface area (Å²) in [6.45, 7) is 6.95. The fraction of sp³-hybridized carbons (Fsp3) is 0.500. The Morgan fingerprint density at radius 1 is 1.32 bits per heavy atom. The van der Waals surface area contributed by atoms with Crippen molar-refractivity contribution in [2.24, 2.45) is 0 Å². The zero-order valence-corrected chi connectivity index (χ0v) is 12.0. The lowest BCUT2D eigenvalue weighted by atomic mass is 10.2. The first-order chi connectivity index (χ1) is 9.03. The quantitative estimate of drug-likeness (QED) is 0.799. The van der Waals surface area contributed by atoms with Gasteiger partial charge in [0.1, 0.15) is 0 Å². The zero-order chi connectivity index (χ0) is 14.4. The van der Waals surface area contributed by atoms with Crippen molar-refractivity contribution in [3.8, 4) is 11.5 Å². The molecule has 1 unspecified atom stereocenters. The molecule has 0 bridgehead atoms. The van der Waals surface area contributed by atoms with Crippen LogP contribution in [-0.2, 0) is 4.79 Å². The molecule has 1 rings (SSSR count). The average Bonchev–Trinajstić information content (AvgIpc) is 2.41. The molecule has 0 heterocycles. The second-order valence-electron chi connectivity index (χ2n) is 4.18. The van der Waals surface area contributed by atoms with Gasteiger partial charge in [0.05, 0.1) is 7.11 Å². The number of carbonyl (C=O) groups is 1. The molecule has 19 heavy (non-hydrogen) atoms. The highest BCUT2D eigenvalue weighted by atomic mass is 16.5. The molecule has 0 radical (unpaired) electrons. The molecule has 0 fully saturated rings. The molecule has 0 spiro atoms. The van der Waals surface area contributed by atoms with Crippen molar-refractivity contribution in [3.63, 3.8) is 0 Å². The number of methoxy groups -OCH3 is 1. The predicted molar refractivity (Wildman–Crippen MR) is 75.4 cm³/mol. The molecule has 1 aromatic rings. The van der Waals surface area contributed by atoms with Gasteiger partial charge in [-0.15, -0.1) is 0 Å². The van der Waals surface area contributed by atoms with Crippen molar-refractivity contribution in [3.05, 3.63) is 18.2 Å². The van der Waals surface area contributed by atoms with Crippen LogP contribution in [0.5, 0.6) is 11.5 Å². The van der Waals surface area contributed by atoms with E-state index in [9.17, 15) is 4.79 Å². The summed E-state index contributed by atoms with van der Waals surface area (Å²) >= 11 is 0. The number of hydrogen-bond acceptors (Lipinski definition) is 4. The van der Waals surface area contributed by atoms with Crippen LogP contribution in [0.15, 0.2) is 18.2 Å². The van der Waals surface area contributed by atoms with Crippen LogP contribution < -0.4 is 15.2 Å². The van der Waals surface area contributed by atoms with E-state index >= 15 is 0 Å². The molecule has 0 saturated heterocycles. The Morgan fingerprint density at radius 3 is 2.47 bits per heavy atom. The van der Waals surface area contributed by atoms with Crippen LogP contribution in [0.3, 0.4) is 0 Å². The maximum atomic E-state index is 12.1.